The summed E-state index contributed by atoms with van der Waals surface area (Å²) in [4.78, 5) is 0. The SMILES string of the molecule is CC(O)c1ccn(Cc2nnc3n2CCCC3)c1. The van der Waals surface area contributed by atoms with Gasteiger partial charge in [0.15, 0.2) is 5.82 Å². The van der Waals surface area contributed by atoms with Crippen molar-refractivity contribution in [3.63, 3.8) is 0 Å². The lowest BCUT2D eigenvalue weighted by Gasteiger charge is -2.14. The number of aryl methyl sites for hydroxylation is 1. The molecule has 2 aromatic rings. The van der Waals surface area contributed by atoms with Crippen molar-refractivity contribution in [1.29, 1.82) is 0 Å². The van der Waals surface area contributed by atoms with Crippen LogP contribution in [-0.4, -0.2) is 24.4 Å². The van der Waals surface area contributed by atoms with Crippen LogP contribution in [0.5, 0.6) is 0 Å². The Balaban J connectivity index is 1.81. The Morgan fingerprint density at radius 1 is 1.39 bits per heavy atom. The molecule has 1 N–H and O–H groups in total. The predicted octanol–water partition coefficient (Wildman–Crippen LogP) is 1.52. The summed E-state index contributed by atoms with van der Waals surface area (Å²) in [5.41, 5.74) is 0.938. The first-order chi connectivity index (χ1) is 8.74. The van der Waals surface area contributed by atoms with E-state index in [2.05, 4.69) is 14.8 Å². The third-order valence-electron chi connectivity index (χ3n) is 3.52. The summed E-state index contributed by atoms with van der Waals surface area (Å²) in [6.07, 6.45) is 6.99. The highest BCUT2D eigenvalue weighted by molar-refractivity contribution is 5.13. The van der Waals surface area contributed by atoms with Crippen LogP contribution < -0.4 is 0 Å². The van der Waals surface area contributed by atoms with Crippen LogP contribution in [0.15, 0.2) is 18.5 Å². The molecule has 1 unspecified atom stereocenters. The van der Waals surface area contributed by atoms with Gasteiger partial charge < -0.3 is 14.2 Å². The third-order valence-corrected chi connectivity index (χ3v) is 3.52. The van der Waals surface area contributed by atoms with Gasteiger partial charge in [0.1, 0.15) is 5.82 Å². The van der Waals surface area contributed by atoms with Gasteiger partial charge in [-0.15, -0.1) is 10.2 Å². The average Bonchev–Trinajstić information content (AvgIpc) is 2.98. The molecule has 0 amide bonds. The second-order valence-corrected chi connectivity index (χ2v) is 4.93. The minimum Gasteiger partial charge on any atom is -0.389 e. The Labute approximate surface area is 106 Å². The normalized spacial score (nSPS) is 16.6. The summed E-state index contributed by atoms with van der Waals surface area (Å²) >= 11 is 0. The number of rotatable bonds is 3. The van der Waals surface area contributed by atoms with Crippen LogP contribution >= 0.6 is 0 Å². The van der Waals surface area contributed by atoms with Gasteiger partial charge in [-0.1, -0.05) is 0 Å². The van der Waals surface area contributed by atoms with E-state index >= 15 is 0 Å². The van der Waals surface area contributed by atoms with Gasteiger partial charge in [-0.25, -0.2) is 0 Å². The van der Waals surface area contributed by atoms with Gasteiger partial charge in [0.05, 0.1) is 12.6 Å². The smallest absolute Gasteiger partial charge is 0.152 e. The second kappa shape index (κ2) is 4.57. The molecule has 96 valence electrons. The van der Waals surface area contributed by atoms with Crippen LogP contribution in [-0.2, 0) is 19.5 Å². The van der Waals surface area contributed by atoms with Crippen LogP contribution in [0.1, 0.15) is 43.1 Å². The van der Waals surface area contributed by atoms with E-state index < -0.39 is 6.10 Å². The summed E-state index contributed by atoms with van der Waals surface area (Å²) in [6.45, 7) is 3.53. The van der Waals surface area contributed by atoms with Crippen LogP contribution in [0.2, 0.25) is 0 Å². The molecule has 3 rings (SSSR count). The lowest BCUT2D eigenvalue weighted by molar-refractivity contribution is 0.199. The summed E-state index contributed by atoms with van der Waals surface area (Å²) in [5.74, 6) is 2.12. The van der Waals surface area contributed by atoms with Crippen LogP contribution in [0.3, 0.4) is 0 Å². The van der Waals surface area contributed by atoms with E-state index in [4.69, 9.17) is 0 Å². The quantitative estimate of drug-likeness (QED) is 0.893. The Kier molecular flexibility index (Phi) is 2.91. The highest BCUT2D eigenvalue weighted by Gasteiger charge is 2.15. The molecule has 0 fully saturated rings. The minimum absolute atomic E-state index is 0.418. The molecule has 1 aliphatic heterocycles. The summed E-state index contributed by atoms with van der Waals surface area (Å²) in [6, 6.07) is 1.94. The molecule has 18 heavy (non-hydrogen) atoms. The van der Waals surface area contributed by atoms with Crippen molar-refractivity contribution < 1.29 is 5.11 Å². The number of hydrogen-bond donors (Lipinski definition) is 1. The molecular formula is C13H18N4O. The first kappa shape index (κ1) is 11.5. The van der Waals surface area contributed by atoms with Gasteiger partial charge in [0.25, 0.3) is 0 Å². The maximum atomic E-state index is 9.51. The molecule has 1 atom stereocenters. The Morgan fingerprint density at radius 2 is 2.28 bits per heavy atom. The molecule has 0 saturated carbocycles. The van der Waals surface area contributed by atoms with Crippen LogP contribution in [0, 0.1) is 0 Å². The fourth-order valence-corrected chi connectivity index (χ4v) is 2.45. The van der Waals surface area contributed by atoms with Gasteiger partial charge in [-0.05, 0) is 31.4 Å². The third kappa shape index (κ3) is 2.06. The summed E-state index contributed by atoms with van der Waals surface area (Å²) in [5, 5.41) is 18.0. The lowest BCUT2D eigenvalue weighted by Crippen LogP contribution is -2.14. The lowest BCUT2D eigenvalue weighted by atomic mass is 10.2. The van der Waals surface area contributed by atoms with E-state index in [1.54, 1.807) is 6.92 Å². The molecule has 0 bridgehead atoms. The Bertz CT molecular complexity index is 541. The Morgan fingerprint density at radius 3 is 3.06 bits per heavy atom. The van der Waals surface area contributed by atoms with Gasteiger partial charge >= 0.3 is 0 Å². The van der Waals surface area contributed by atoms with E-state index in [0.717, 1.165) is 36.7 Å². The number of aliphatic hydroxyl groups is 1. The number of aromatic nitrogens is 4. The zero-order valence-corrected chi connectivity index (χ0v) is 10.6. The van der Waals surface area contributed by atoms with Gasteiger partial charge in [-0.2, -0.15) is 0 Å². The van der Waals surface area contributed by atoms with Gasteiger partial charge in [-0.3, -0.25) is 0 Å². The van der Waals surface area contributed by atoms with Crippen molar-refractivity contribution in [3.05, 3.63) is 35.7 Å². The number of aliphatic hydroxyl groups excluding tert-OH is 1. The van der Waals surface area contributed by atoms with Gasteiger partial charge in [0.2, 0.25) is 0 Å². The van der Waals surface area contributed by atoms with Crippen molar-refractivity contribution in [1.82, 2.24) is 19.3 Å². The van der Waals surface area contributed by atoms with Gasteiger partial charge in [0, 0.05) is 25.4 Å². The fraction of sp³-hybridized carbons (Fsp3) is 0.538. The standard InChI is InChI=1S/C13H18N4O/c1-10(18)11-5-7-16(8-11)9-13-15-14-12-4-2-3-6-17(12)13/h5,7-8,10,18H,2-4,6,9H2,1H3. The predicted molar refractivity (Wildman–Crippen MR) is 67.1 cm³/mol. The molecule has 0 radical (unpaired) electrons. The zero-order chi connectivity index (χ0) is 12.5. The zero-order valence-electron chi connectivity index (χ0n) is 10.6. The molecule has 0 aromatic carbocycles. The monoisotopic (exact) mass is 246 g/mol. The highest BCUT2D eigenvalue weighted by Crippen LogP contribution is 2.16. The van der Waals surface area contributed by atoms with E-state index in [-0.39, 0.29) is 0 Å². The molecule has 5 nitrogen and oxygen atoms in total. The summed E-state index contributed by atoms with van der Waals surface area (Å²) in [7, 11) is 0. The fourth-order valence-electron chi connectivity index (χ4n) is 2.45. The maximum absolute atomic E-state index is 9.51. The van der Waals surface area contributed by atoms with Crippen molar-refractivity contribution in [3.8, 4) is 0 Å². The molecule has 2 aromatic heterocycles. The van der Waals surface area contributed by atoms with Crippen molar-refractivity contribution in [2.24, 2.45) is 0 Å². The van der Waals surface area contributed by atoms with E-state index in [9.17, 15) is 5.11 Å². The molecule has 1 aliphatic rings. The molecule has 0 aliphatic carbocycles. The molecule has 3 heterocycles. The molecular weight excluding hydrogens is 228 g/mol. The highest BCUT2D eigenvalue weighted by atomic mass is 16.3. The van der Waals surface area contributed by atoms with E-state index in [1.807, 2.05) is 23.0 Å². The van der Waals surface area contributed by atoms with Crippen molar-refractivity contribution in [2.75, 3.05) is 0 Å². The molecule has 5 heteroatoms. The van der Waals surface area contributed by atoms with E-state index in [1.165, 1.54) is 12.8 Å². The van der Waals surface area contributed by atoms with Crippen LogP contribution in [0.25, 0.3) is 0 Å². The van der Waals surface area contributed by atoms with E-state index in [0.29, 0.717) is 0 Å². The Hall–Kier alpha value is -1.62. The average molecular weight is 246 g/mol. The first-order valence-corrected chi connectivity index (χ1v) is 6.49. The maximum Gasteiger partial charge on any atom is 0.152 e. The summed E-state index contributed by atoms with van der Waals surface area (Å²) < 4.78 is 4.28. The number of fused-ring (bicyclic) bond motifs is 1. The second-order valence-electron chi connectivity index (χ2n) is 4.93. The number of nitrogens with zero attached hydrogens (tertiary/aromatic N) is 4. The van der Waals surface area contributed by atoms with Crippen molar-refractivity contribution in [2.45, 2.75) is 45.4 Å². The topological polar surface area (TPSA) is 55.9 Å². The first-order valence-electron chi connectivity index (χ1n) is 6.49. The largest absolute Gasteiger partial charge is 0.389 e. The van der Waals surface area contributed by atoms with Crippen LogP contribution in [0.4, 0.5) is 0 Å². The molecule has 0 saturated heterocycles. The minimum atomic E-state index is -0.418. The van der Waals surface area contributed by atoms with Crippen molar-refractivity contribution >= 4 is 0 Å². The number of hydrogen-bond acceptors (Lipinski definition) is 3. The molecule has 0 spiro atoms.